The van der Waals surface area contributed by atoms with Crippen LogP contribution in [-0.2, 0) is 9.53 Å². The Morgan fingerprint density at radius 2 is 2.00 bits per heavy atom. The molecule has 1 heterocycles. The number of aliphatic hydroxyl groups excluding tert-OH is 2. The van der Waals surface area contributed by atoms with Crippen LogP contribution in [-0.4, -0.2) is 46.5 Å². The van der Waals surface area contributed by atoms with Crippen molar-refractivity contribution in [3.05, 3.63) is 58.2 Å². The number of allylic oxidation sites excluding steroid dienone is 2. The minimum Gasteiger partial charge on any atom is -0.482 e. The minimum absolute atomic E-state index is 0.0343. The number of cyclic esters (lactones) is 1. The maximum absolute atomic E-state index is 12.5. The van der Waals surface area contributed by atoms with Gasteiger partial charge in [-0.05, 0) is 61.5 Å². The average molecular weight is 472 g/mol. The van der Waals surface area contributed by atoms with Gasteiger partial charge in [-0.25, -0.2) is 4.79 Å². The van der Waals surface area contributed by atoms with Crippen molar-refractivity contribution in [2.45, 2.75) is 58.2 Å². The fraction of sp³-hybridized carbons (Fsp3) is 0.577. The van der Waals surface area contributed by atoms with Crippen LogP contribution in [0.4, 0.5) is 5.69 Å². The van der Waals surface area contributed by atoms with Crippen LogP contribution in [0.3, 0.4) is 0 Å². The van der Waals surface area contributed by atoms with Crippen LogP contribution < -0.4 is 4.74 Å². The quantitative estimate of drug-likeness (QED) is 0.212. The third-order valence-electron chi connectivity index (χ3n) is 8.54. The van der Waals surface area contributed by atoms with Gasteiger partial charge in [0, 0.05) is 17.5 Å². The van der Waals surface area contributed by atoms with Gasteiger partial charge in [0.1, 0.15) is 12.4 Å². The molecule has 2 N–H and O–H groups in total. The van der Waals surface area contributed by atoms with Gasteiger partial charge in [-0.2, -0.15) is 0 Å². The second-order valence-corrected chi connectivity index (χ2v) is 10.4. The van der Waals surface area contributed by atoms with Gasteiger partial charge in [-0.1, -0.05) is 32.1 Å². The molecule has 2 saturated carbocycles. The lowest BCUT2D eigenvalue weighted by molar-refractivity contribution is -0.384. The maximum Gasteiger partial charge on any atom is 0.337 e. The van der Waals surface area contributed by atoms with E-state index in [4.69, 9.17) is 9.47 Å². The Hall–Kier alpha value is -2.71. The predicted molar refractivity (Wildman–Crippen MR) is 125 cm³/mol. The minimum atomic E-state index is -0.592. The zero-order valence-electron chi connectivity index (χ0n) is 19.7. The van der Waals surface area contributed by atoms with Gasteiger partial charge >= 0.3 is 5.97 Å². The molecule has 0 bridgehead atoms. The number of fused-ring (bicyclic) bond motifs is 1. The molecule has 1 saturated heterocycles. The molecule has 34 heavy (non-hydrogen) atoms. The van der Waals surface area contributed by atoms with Crippen molar-refractivity contribution in [3.8, 4) is 5.75 Å². The summed E-state index contributed by atoms with van der Waals surface area (Å²) in [5.41, 5.74) is 0.824. The van der Waals surface area contributed by atoms with Crippen LogP contribution >= 0.6 is 0 Å². The first-order valence-corrected chi connectivity index (χ1v) is 11.8. The molecule has 8 nitrogen and oxygen atoms in total. The molecule has 0 radical (unpaired) electrons. The Morgan fingerprint density at radius 1 is 1.29 bits per heavy atom. The van der Waals surface area contributed by atoms with Crippen LogP contribution in [0.1, 0.15) is 46.0 Å². The smallest absolute Gasteiger partial charge is 0.337 e. The number of carbonyl (C=O) groups is 1. The van der Waals surface area contributed by atoms with Crippen molar-refractivity contribution in [1.29, 1.82) is 0 Å². The molecule has 8 heteroatoms. The molecule has 2 aliphatic carbocycles. The van der Waals surface area contributed by atoms with Gasteiger partial charge in [-0.3, -0.25) is 10.1 Å². The first-order chi connectivity index (χ1) is 16.1. The number of benzene rings is 1. The summed E-state index contributed by atoms with van der Waals surface area (Å²) in [4.78, 5) is 22.9. The summed E-state index contributed by atoms with van der Waals surface area (Å²) in [5.74, 6) is 0.249. The molecule has 3 aliphatic rings. The average Bonchev–Trinajstić information content (AvgIpc) is 3.15. The monoisotopic (exact) mass is 471 g/mol. The van der Waals surface area contributed by atoms with Crippen molar-refractivity contribution in [2.24, 2.45) is 22.7 Å². The van der Waals surface area contributed by atoms with Gasteiger partial charge in [-0.15, -0.1) is 0 Å². The highest BCUT2D eigenvalue weighted by Crippen LogP contribution is 2.61. The van der Waals surface area contributed by atoms with Crippen LogP contribution in [0, 0.1) is 32.8 Å². The molecular weight excluding hydrogens is 438 g/mol. The first-order valence-electron chi connectivity index (χ1n) is 11.8. The van der Waals surface area contributed by atoms with Crippen molar-refractivity contribution < 1.29 is 29.4 Å². The Labute approximate surface area is 199 Å². The molecule has 0 unspecified atom stereocenters. The maximum atomic E-state index is 12.5. The van der Waals surface area contributed by atoms with Crippen molar-refractivity contribution >= 4 is 11.7 Å². The molecule has 0 spiro atoms. The number of nitrogens with zero attached hydrogens (tertiary/aromatic N) is 1. The van der Waals surface area contributed by atoms with E-state index in [2.05, 4.69) is 13.5 Å². The van der Waals surface area contributed by atoms with Gasteiger partial charge in [0.2, 0.25) is 0 Å². The Kier molecular flexibility index (Phi) is 6.57. The summed E-state index contributed by atoms with van der Waals surface area (Å²) in [6.45, 7) is 8.57. The lowest BCUT2D eigenvalue weighted by Crippen LogP contribution is -2.57. The number of ether oxygens (including phenoxy) is 2. The van der Waals surface area contributed by atoms with E-state index < -0.39 is 28.5 Å². The van der Waals surface area contributed by atoms with Gasteiger partial charge in [0.05, 0.1) is 23.2 Å². The normalized spacial score (nSPS) is 36.8. The number of rotatable bonds is 6. The molecule has 6 atom stereocenters. The summed E-state index contributed by atoms with van der Waals surface area (Å²) < 4.78 is 11.2. The zero-order chi connectivity index (χ0) is 24.7. The summed E-state index contributed by atoms with van der Waals surface area (Å²) in [6.07, 6.45) is 4.50. The zero-order valence-corrected chi connectivity index (χ0v) is 19.7. The number of non-ortho nitro benzene ring substituents is 1. The summed E-state index contributed by atoms with van der Waals surface area (Å²) >= 11 is 0. The van der Waals surface area contributed by atoms with E-state index in [-0.39, 0.29) is 36.2 Å². The molecule has 4 rings (SSSR count). The van der Waals surface area contributed by atoms with E-state index in [1.807, 2.05) is 13.0 Å². The third-order valence-corrected chi connectivity index (χ3v) is 8.54. The Morgan fingerprint density at radius 3 is 2.65 bits per heavy atom. The molecule has 1 aromatic rings. The first kappa shape index (κ1) is 24.4. The summed E-state index contributed by atoms with van der Waals surface area (Å²) in [7, 11) is 0. The lowest BCUT2D eigenvalue weighted by atomic mass is 9.46. The SMILES string of the molecule is C=C1CC[C@@H]2[C@@](C)(CO)[C@H](O)CC[C@@]2(C)[C@@H]1C/C=C1/C(=O)OC[C@@H]1Oc1ccc([N+](=O)[O-])cc1. The fourth-order valence-corrected chi connectivity index (χ4v) is 6.46. The highest BCUT2D eigenvalue weighted by atomic mass is 16.6. The topological polar surface area (TPSA) is 119 Å². The number of hydrogen-bond donors (Lipinski definition) is 2. The van der Waals surface area contributed by atoms with E-state index in [1.54, 1.807) is 0 Å². The molecule has 184 valence electrons. The number of carbonyl (C=O) groups excluding carboxylic acids is 1. The molecular formula is C26H33NO7. The molecule has 0 aromatic heterocycles. The molecule has 0 amide bonds. The standard InChI is InChI=1S/C26H33NO7/c1-16-4-11-22-25(2,13-12-23(29)26(22,3)15-28)20(16)10-9-19-21(14-33-24(19)30)34-18-7-5-17(6-8-18)27(31)32/h5-9,20-23,28-29H,1,4,10-15H2,2-3H3/b19-9+/t20-,21+,22+,23-,25+,26-/m1/s1. The van der Waals surface area contributed by atoms with Crippen molar-refractivity contribution in [2.75, 3.05) is 13.2 Å². The summed E-state index contributed by atoms with van der Waals surface area (Å²) in [6, 6.07) is 5.74. The van der Waals surface area contributed by atoms with Crippen LogP contribution in [0.5, 0.6) is 5.75 Å². The van der Waals surface area contributed by atoms with E-state index in [1.165, 1.54) is 24.3 Å². The van der Waals surface area contributed by atoms with Crippen LogP contribution in [0.25, 0.3) is 0 Å². The second kappa shape index (κ2) is 9.15. The van der Waals surface area contributed by atoms with Crippen molar-refractivity contribution in [1.82, 2.24) is 0 Å². The van der Waals surface area contributed by atoms with Crippen LogP contribution in [0.2, 0.25) is 0 Å². The van der Waals surface area contributed by atoms with Gasteiger partial charge in [0.15, 0.2) is 6.10 Å². The van der Waals surface area contributed by atoms with E-state index >= 15 is 0 Å². The van der Waals surface area contributed by atoms with Gasteiger partial charge in [0.25, 0.3) is 5.69 Å². The second-order valence-electron chi connectivity index (χ2n) is 10.4. The Bertz CT molecular complexity index is 1000. The van der Waals surface area contributed by atoms with Crippen LogP contribution in [0.15, 0.2) is 48.1 Å². The highest BCUT2D eigenvalue weighted by molar-refractivity contribution is 5.91. The molecule has 1 aliphatic heterocycles. The van der Waals surface area contributed by atoms with E-state index in [9.17, 15) is 25.1 Å². The number of esters is 1. The lowest BCUT2D eigenvalue weighted by Gasteiger charge is -2.59. The summed E-state index contributed by atoms with van der Waals surface area (Å²) in [5, 5.41) is 31.7. The number of hydrogen-bond acceptors (Lipinski definition) is 7. The molecule has 1 aromatic carbocycles. The number of nitro groups is 1. The molecule has 3 fully saturated rings. The Balaban J connectivity index is 1.54. The third kappa shape index (κ3) is 4.14. The number of nitro benzene ring substituents is 1. The van der Waals surface area contributed by atoms with Crippen molar-refractivity contribution in [3.63, 3.8) is 0 Å². The van der Waals surface area contributed by atoms with E-state index in [0.29, 0.717) is 24.2 Å². The van der Waals surface area contributed by atoms with E-state index in [0.717, 1.165) is 24.8 Å². The largest absolute Gasteiger partial charge is 0.482 e. The number of aliphatic hydroxyl groups is 2. The fourth-order valence-electron chi connectivity index (χ4n) is 6.46. The predicted octanol–water partition coefficient (Wildman–Crippen LogP) is 3.96. The highest BCUT2D eigenvalue weighted by Gasteiger charge is 2.57. The van der Waals surface area contributed by atoms with Gasteiger partial charge < -0.3 is 19.7 Å².